The zero-order valence-electron chi connectivity index (χ0n) is 15.5. The highest BCUT2D eigenvalue weighted by Crippen LogP contribution is 2.46. The normalized spacial score (nSPS) is 18.6. The van der Waals surface area contributed by atoms with Crippen molar-refractivity contribution in [3.05, 3.63) is 59.1 Å². The van der Waals surface area contributed by atoms with Crippen LogP contribution >= 0.6 is 23.4 Å². The molecule has 6 nitrogen and oxygen atoms in total. The number of nitrogens with one attached hydrogen (secondary N) is 2. The monoisotopic (exact) mass is 456 g/mol. The number of benzene rings is 1. The molecule has 3 aromatic rings. The van der Waals surface area contributed by atoms with Gasteiger partial charge in [-0.2, -0.15) is 18.3 Å². The maximum absolute atomic E-state index is 13.8. The minimum atomic E-state index is -4.59. The first-order valence-corrected chi connectivity index (χ1v) is 10.5. The number of carbonyl (C=O) groups is 1. The van der Waals surface area contributed by atoms with Gasteiger partial charge in [-0.1, -0.05) is 23.7 Å². The molecule has 3 heterocycles. The summed E-state index contributed by atoms with van der Waals surface area (Å²) in [5.41, 5.74) is 0.232. The summed E-state index contributed by atoms with van der Waals surface area (Å²) in [6.07, 6.45) is -1.70. The molecule has 1 aromatic carbocycles. The van der Waals surface area contributed by atoms with Crippen LogP contribution in [0.3, 0.4) is 0 Å². The number of fused-ring (bicyclic) bond motifs is 1. The molecular formula is C19H16ClF3N4O2S. The minimum Gasteiger partial charge on any atom is -0.467 e. The Labute approximate surface area is 178 Å². The summed E-state index contributed by atoms with van der Waals surface area (Å²) in [4.78, 5) is 13.6. The van der Waals surface area contributed by atoms with Crippen LogP contribution in [0.2, 0.25) is 5.02 Å². The van der Waals surface area contributed by atoms with Crippen LogP contribution in [0.25, 0.3) is 0 Å². The van der Waals surface area contributed by atoms with Crippen molar-refractivity contribution in [1.82, 2.24) is 9.78 Å². The van der Waals surface area contributed by atoms with E-state index >= 15 is 0 Å². The summed E-state index contributed by atoms with van der Waals surface area (Å²) in [6.45, 7) is 0. The van der Waals surface area contributed by atoms with E-state index in [0.29, 0.717) is 11.4 Å². The fourth-order valence-corrected chi connectivity index (χ4v) is 4.16. The van der Waals surface area contributed by atoms with Crippen LogP contribution in [-0.4, -0.2) is 28.1 Å². The van der Waals surface area contributed by atoms with Gasteiger partial charge in [0.15, 0.2) is 11.7 Å². The average Bonchev–Trinajstić information content (AvgIpc) is 3.35. The number of furan rings is 1. The second-order valence-corrected chi connectivity index (χ2v) is 7.84. The quantitative estimate of drug-likeness (QED) is 0.488. The first-order chi connectivity index (χ1) is 14.3. The zero-order chi connectivity index (χ0) is 21.5. The van der Waals surface area contributed by atoms with E-state index in [-0.39, 0.29) is 23.0 Å². The molecule has 2 atom stereocenters. The smallest absolute Gasteiger partial charge is 0.410 e. The van der Waals surface area contributed by atoms with Gasteiger partial charge >= 0.3 is 6.18 Å². The molecule has 1 aliphatic heterocycles. The predicted molar refractivity (Wildman–Crippen MR) is 108 cm³/mol. The molecule has 0 saturated carbocycles. The molecule has 0 aliphatic carbocycles. The van der Waals surface area contributed by atoms with Gasteiger partial charge in [-0.05, 0) is 30.5 Å². The Kier molecular flexibility index (Phi) is 5.46. The van der Waals surface area contributed by atoms with Crippen LogP contribution in [0, 0.1) is 0 Å². The molecule has 30 heavy (non-hydrogen) atoms. The molecule has 0 saturated heterocycles. The second-order valence-electron chi connectivity index (χ2n) is 6.62. The van der Waals surface area contributed by atoms with Crippen molar-refractivity contribution in [2.75, 3.05) is 16.9 Å². The molecule has 1 amide bonds. The summed E-state index contributed by atoms with van der Waals surface area (Å²) in [6, 6.07) is 7.52. The molecule has 0 bridgehead atoms. The lowest BCUT2D eigenvalue weighted by Gasteiger charge is -2.32. The Morgan fingerprint density at radius 1 is 1.33 bits per heavy atom. The Morgan fingerprint density at radius 3 is 2.77 bits per heavy atom. The molecule has 2 aromatic heterocycles. The van der Waals surface area contributed by atoms with E-state index in [1.807, 2.05) is 18.4 Å². The van der Waals surface area contributed by atoms with Crippen LogP contribution in [0.5, 0.6) is 0 Å². The van der Waals surface area contributed by atoms with Gasteiger partial charge in [0.05, 0.1) is 18.0 Å². The van der Waals surface area contributed by atoms with E-state index in [1.54, 1.807) is 24.3 Å². The van der Waals surface area contributed by atoms with Gasteiger partial charge in [0.2, 0.25) is 0 Å². The van der Waals surface area contributed by atoms with Crippen molar-refractivity contribution in [3.63, 3.8) is 0 Å². The number of anilines is 2. The highest BCUT2D eigenvalue weighted by atomic mass is 35.5. The van der Waals surface area contributed by atoms with Crippen molar-refractivity contribution in [2.24, 2.45) is 0 Å². The molecule has 1 aliphatic rings. The average molecular weight is 457 g/mol. The second kappa shape index (κ2) is 7.92. The Hall–Kier alpha value is -2.59. The van der Waals surface area contributed by atoms with Gasteiger partial charge in [0.25, 0.3) is 5.91 Å². The molecule has 2 N–H and O–H groups in total. The third kappa shape index (κ3) is 3.77. The Morgan fingerprint density at radius 2 is 2.10 bits per heavy atom. The van der Waals surface area contributed by atoms with E-state index in [1.165, 1.54) is 18.0 Å². The molecule has 11 heteroatoms. The molecule has 0 fully saturated rings. The maximum atomic E-state index is 13.8. The van der Waals surface area contributed by atoms with Crippen molar-refractivity contribution < 1.29 is 22.4 Å². The summed E-state index contributed by atoms with van der Waals surface area (Å²) < 4.78 is 47.3. The van der Waals surface area contributed by atoms with Crippen LogP contribution in [0.1, 0.15) is 34.8 Å². The number of thioether (sulfide) groups is 1. The third-order valence-electron chi connectivity index (χ3n) is 4.75. The number of carbonyl (C=O) groups excluding carboxylic acids is 1. The van der Waals surface area contributed by atoms with Gasteiger partial charge in [0, 0.05) is 11.3 Å². The van der Waals surface area contributed by atoms with Gasteiger partial charge in [-0.15, -0.1) is 11.8 Å². The topological polar surface area (TPSA) is 72.1 Å². The molecular weight excluding hydrogens is 441 g/mol. The Bertz CT molecular complexity index is 1070. The highest BCUT2D eigenvalue weighted by molar-refractivity contribution is 7.98. The van der Waals surface area contributed by atoms with E-state index in [4.69, 9.17) is 16.0 Å². The minimum absolute atomic E-state index is 0.0741. The number of para-hydroxylation sites is 1. The number of nitrogens with zero attached hydrogens (tertiary/aromatic N) is 2. The van der Waals surface area contributed by atoms with E-state index < -0.39 is 24.2 Å². The van der Waals surface area contributed by atoms with E-state index in [0.717, 1.165) is 9.58 Å². The van der Waals surface area contributed by atoms with Gasteiger partial charge in [-0.25, -0.2) is 4.68 Å². The fourth-order valence-electron chi connectivity index (χ4n) is 3.34. The SMILES string of the molecule is CSc1ccccc1NC(=O)c1nn2c(c1Cl)NC(c1ccco1)CC2C(F)(F)F. The fraction of sp³-hybridized carbons (Fsp3) is 0.263. The lowest BCUT2D eigenvalue weighted by atomic mass is 10.0. The molecule has 0 spiro atoms. The first-order valence-electron chi connectivity index (χ1n) is 8.88. The molecule has 158 valence electrons. The number of amides is 1. The lowest BCUT2D eigenvalue weighted by Crippen LogP contribution is -2.35. The molecule has 2 unspecified atom stereocenters. The van der Waals surface area contributed by atoms with Crippen LogP contribution in [0.4, 0.5) is 24.7 Å². The number of rotatable bonds is 4. The highest BCUT2D eigenvalue weighted by Gasteiger charge is 2.48. The van der Waals surface area contributed by atoms with Gasteiger partial charge < -0.3 is 15.1 Å². The van der Waals surface area contributed by atoms with Crippen molar-refractivity contribution in [1.29, 1.82) is 0 Å². The number of hydrogen-bond acceptors (Lipinski definition) is 5. The van der Waals surface area contributed by atoms with Crippen molar-refractivity contribution in [3.8, 4) is 0 Å². The summed E-state index contributed by atoms with van der Waals surface area (Å²) in [5, 5.41) is 9.33. The third-order valence-corrected chi connectivity index (χ3v) is 5.91. The number of hydrogen-bond donors (Lipinski definition) is 2. The predicted octanol–water partition coefficient (Wildman–Crippen LogP) is 5.76. The largest absolute Gasteiger partial charge is 0.467 e. The standard InChI is InChI=1S/C19H16ClF3N4O2S/c1-30-13-7-3-2-5-10(13)25-18(28)16-15(20)17-24-11(12-6-4-8-29-12)9-14(19(21,22)23)27(17)26-16/h2-8,11,14,24H,9H2,1H3,(H,25,28). The molecule has 4 rings (SSSR count). The first kappa shape index (κ1) is 20.7. The molecule has 0 radical (unpaired) electrons. The van der Waals surface area contributed by atoms with E-state index in [2.05, 4.69) is 15.7 Å². The van der Waals surface area contributed by atoms with Crippen molar-refractivity contribution in [2.45, 2.75) is 29.6 Å². The number of halogens is 4. The van der Waals surface area contributed by atoms with Crippen LogP contribution < -0.4 is 10.6 Å². The Balaban J connectivity index is 1.70. The van der Waals surface area contributed by atoms with Gasteiger partial charge in [-0.3, -0.25) is 4.79 Å². The van der Waals surface area contributed by atoms with Crippen LogP contribution in [-0.2, 0) is 0 Å². The van der Waals surface area contributed by atoms with Gasteiger partial charge in [0.1, 0.15) is 16.6 Å². The number of aromatic nitrogens is 2. The number of alkyl halides is 3. The zero-order valence-corrected chi connectivity index (χ0v) is 17.1. The maximum Gasteiger partial charge on any atom is 0.410 e. The van der Waals surface area contributed by atoms with Crippen molar-refractivity contribution >= 4 is 40.8 Å². The summed E-state index contributed by atoms with van der Waals surface area (Å²) in [7, 11) is 0. The summed E-state index contributed by atoms with van der Waals surface area (Å²) in [5.74, 6) is -0.428. The summed E-state index contributed by atoms with van der Waals surface area (Å²) >= 11 is 7.73. The van der Waals surface area contributed by atoms with Crippen LogP contribution in [0.15, 0.2) is 52.0 Å². The van der Waals surface area contributed by atoms with E-state index in [9.17, 15) is 18.0 Å². The lowest BCUT2D eigenvalue weighted by molar-refractivity contribution is -0.174.